The van der Waals surface area contributed by atoms with Crippen LogP contribution in [0.15, 0.2) is 11.6 Å². The molecule has 1 N–H and O–H groups in total. The van der Waals surface area contributed by atoms with Crippen molar-refractivity contribution < 1.29 is 19.4 Å². The summed E-state index contributed by atoms with van der Waals surface area (Å²) in [5.41, 5.74) is -0.0924. The minimum atomic E-state index is -0.821. The molecule has 4 nitrogen and oxygen atoms in total. The van der Waals surface area contributed by atoms with E-state index in [1.807, 2.05) is 0 Å². The van der Waals surface area contributed by atoms with Gasteiger partial charge in [0.2, 0.25) is 0 Å². The third kappa shape index (κ3) is 2.33. The highest BCUT2D eigenvalue weighted by atomic mass is 16.6. The van der Waals surface area contributed by atoms with Crippen LogP contribution in [0.1, 0.15) is 58.8 Å². The molecular weight excluding hydrogens is 328 g/mol. The molecule has 0 aliphatic heterocycles. The van der Waals surface area contributed by atoms with Gasteiger partial charge in [0.15, 0.2) is 11.4 Å². The van der Waals surface area contributed by atoms with Gasteiger partial charge in [-0.3, -0.25) is 9.59 Å². The van der Waals surface area contributed by atoms with Crippen molar-refractivity contribution in [1.82, 2.24) is 0 Å². The number of ether oxygens (including phenoxy) is 1. The van der Waals surface area contributed by atoms with E-state index in [9.17, 15) is 14.7 Å². The third-order valence-electron chi connectivity index (χ3n) is 8.02. The van der Waals surface area contributed by atoms with Crippen molar-refractivity contribution in [3.63, 3.8) is 0 Å². The first-order valence-corrected chi connectivity index (χ1v) is 9.91. The van der Waals surface area contributed by atoms with Crippen molar-refractivity contribution in [2.24, 2.45) is 29.1 Å². The molecule has 0 amide bonds. The van der Waals surface area contributed by atoms with Gasteiger partial charge < -0.3 is 9.84 Å². The average molecular weight is 356 g/mol. The van der Waals surface area contributed by atoms with Crippen molar-refractivity contribution in [2.45, 2.75) is 70.5 Å². The summed E-state index contributed by atoms with van der Waals surface area (Å²) in [5.74, 6) is 4.25. The Morgan fingerprint density at radius 2 is 2.08 bits per heavy atom. The molecule has 4 aliphatic carbocycles. The number of fused-ring (bicyclic) bond motifs is 5. The van der Waals surface area contributed by atoms with Crippen LogP contribution < -0.4 is 0 Å². The first-order chi connectivity index (χ1) is 12.3. The van der Waals surface area contributed by atoms with Crippen LogP contribution in [-0.4, -0.2) is 28.6 Å². The number of rotatable bonds is 1. The fourth-order valence-electron chi connectivity index (χ4n) is 6.86. The molecule has 3 fully saturated rings. The predicted octanol–water partition coefficient (Wildman–Crippen LogP) is 3.03. The summed E-state index contributed by atoms with van der Waals surface area (Å²) >= 11 is 0. The summed E-state index contributed by atoms with van der Waals surface area (Å²) in [6.45, 7) is 3.62. The van der Waals surface area contributed by atoms with Gasteiger partial charge in [-0.25, -0.2) is 0 Å². The van der Waals surface area contributed by atoms with Gasteiger partial charge in [0.1, 0.15) is 0 Å². The van der Waals surface area contributed by atoms with Gasteiger partial charge in [0, 0.05) is 18.8 Å². The van der Waals surface area contributed by atoms with Crippen LogP contribution in [0.3, 0.4) is 0 Å². The lowest BCUT2D eigenvalue weighted by Crippen LogP contribution is -2.55. The van der Waals surface area contributed by atoms with Gasteiger partial charge in [-0.2, -0.15) is 0 Å². The molecule has 3 saturated carbocycles. The van der Waals surface area contributed by atoms with Crippen LogP contribution in [0.25, 0.3) is 0 Å². The standard InChI is InChI=1S/C22H28O4/c1-4-22(26-13(2)23)10-8-19-17-12-20(25)18-11-14(24)5-6-15(18)16(17)7-9-21(19,22)3/h1,11,15-17,19-20,25H,5-10,12H2,2-3H3/t15-,16-,17+,19+,20+,21-,22-/m0/s1. The van der Waals surface area contributed by atoms with Gasteiger partial charge in [0.25, 0.3) is 0 Å². The highest BCUT2D eigenvalue weighted by molar-refractivity contribution is 5.91. The van der Waals surface area contributed by atoms with Crippen molar-refractivity contribution in [3.05, 3.63) is 11.6 Å². The van der Waals surface area contributed by atoms with E-state index in [1.165, 1.54) is 6.92 Å². The summed E-state index contributed by atoms with van der Waals surface area (Å²) in [5, 5.41) is 10.8. The van der Waals surface area contributed by atoms with Gasteiger partial charge in [-0.05, 0) is 73.8 Å². The van der Waals surface area contributed by atoms with Crippen LogP contribution in [0.5, 0.6) is 0 Å². The zero-order chi connectivity index (χ0) is 18.7. The lowest BCUT2D eigenvalue weighted by atomic mass is 9.50. The highest BCUT2D eigenvalue weighted by Crippen LogP contribution is 2.65. The number of aliphatic hydroxyl groups excluding tert-OH is 1. The molecule has 0 bridgehead atoms. The maximum absolute atomic E-state index is 11.8. The van der Waals surface area contributed by atoms with Crippen LogP contribution in [0.2, 0.25) is 0 Å². The fraction of sp³-hybridized carbons (Fsp3) is 0.727. The third-order valence-corrected chi connectivity index (χ3v) is 8.02. The Labute approximate surface area is 155 Å². The smallest absolute Gasteiger partial charge is 0.304 e. The minimum Gasteiger partial charge on any atom is -0.445 e. The van der Waals surface area contributed by atoms with Crippen molar-refractivity contribution in [3.8, 4) is 12.3 Å². The summed E-state index contributed by atoms with van der Waals surface area (Å²) in [6, 6.07) is 0. The van der Waals surface area contributed by atoms with Gasteiger partial charge in [0.05, 0.1) is 6.10 Å². The van der Waals surface area contributed by atoms with E-state index in [4.69, 9.17) is 11.2 Å². The lowest BCUT2D eigenvalue weighted by molar-refractivity contribution is -0.168. The zero-order valence-corrected chi connectivity index (χ0v) is 15.7. The second kappa shape index (κ2) is 5.96. The van der Waals surface area contributed by atoms with Gasteiger partial charge >= 0.3 is 5.97 Å². The van der Waals surface area contributed by atoms with E-state index < -0.39 is 11.7 Å². The number of esters is 1. The van der Waals surface area contributed by atoms with Crippen molar-refractivity contribution in [2.75, 3.05) is 0 Å². The molecule has 0 aromatic rings. The van der Waals surface area contributed by atoms with E-state index in [0.717, 1.165) is 31.3 Å². The minimum absolute atomic E-state index is 0.150. The van der Waals surface area contributed by atoms with Crippen molar-refractivity contribution >= 4 is 11.8 Å². The number of carbonyl (C=O) groups excluding carboxylic acids is 2. The van der Waals surface area contributed by atoms with Crippen LogP contribution in [-0.2, 0) is 14.3 Å². The van der Waals surface area contributed by atoms with Gasteiger partial charge in [-0.1, -0.05) is 12.8 Å². The Kier molecular flexibility index (Phi) is 4.08. The van der Waals surface area contributed by atoms with Gasteiger partial charge in [-0.15, -0.1) is 6.42 Å². The van der Waals surface area contributed by atoms with E-state index in [1.54, 1.807) is 6.08 Å². The second-order valence-electron chi connectivity index (χ2n) is 9.00. The molecule has 140 valence electrons. The molecule has 4 aliphatic rings. The van der Waals surface area contributed by atoms with E-state index in [-0.39, 0.29) is 17.2 Å². The number of ketones is 1. The maximum atomic E-state index is 11.8. The normalized spacial score (nSPS) is 47.1. The number of aliphatic hydroxyl groups is 1. The summed E-state index contributed by atoms with van der Waals surface area (Å²) in [4.78, 5) is 23.6. The second-order valence-corrected chi connectivity index (χ2v) is 9.00. The highest BCUT2D eigenvalue weighted by Gasteiger charge is 2.64. The van der Waals surface area contributed by atoms with E-state index >= 15 is 0 Å². The molecule has 26 heavy (non-hydrogen) atoms. The molecule has 0 heterocycles. The zero-order valence-electron chi connectivity index (χ0n) is 15.7. The molecule has 4 heteroatoms. The Morgan fingerprint density at radius 3 is 2.77 bits per heavy atom. The average Bonchev–Trinajstić information content (AvgIpc) is 2.88. The molecule has 0 radical (unpaired) electrons. The monoisotopic (exact) mass is 356 g/mol. The Morgan fingerprint density at radius 1 is 1.31 bits per heavy atom. The summed E-state index contributed by atoms with van der Waals surface area (Å²) in [7, 11) is 0. The number of terminal acetylenes is 1. The first-order valence-electron chi connectivity index (χ1n) is 9.91. The van der Waals surface area contributed by atoms with Crippen LogP contribution >= 0.6 is 0 Å². The summed E-state index contributed by atoms with van der Waals surface area (Å²) < 4.78 is 5.75. The number of hydrogen-bond acceptors (Lipinski definition) is 4. The topological polar surface area (TPSA) is 63.6 Å². The molecule has 4 rings (SSSR count). The van der Waals surface area contributed by atoms with Crippen LogP contribution in [0, 0.1) is 41.4 Å². The summed E-state index contributed by atoms with van der Waals surface area (Å²) in [6.07, 6.45) is 12.8. The van der Waals surface area contributed by atoms with Crippen molar-refractivity contribution in [1.29, 1.82) is 0 Å². The predicted molar refractivity (Wildman–Crippen MR) is 96.8 cm³/mol. The fourth-order valence-corrected chi connectivity index (χ4v) is 6.86. The first kappa shape index (κ1) is 17.8. The molecule has 0 aromatic carbocycles. The van der Waals surface area contributed by atoms with Crippen LogP contribution in [0.4, 0.5) is 0 Å². The quantitative estimate of drug-likeness (QED) is 0.579. The van der Waals surface area contributed by atoms with E-state index in [0.29, 0.717) is 42.9 Å². The maximum Gasteiger partial charge on any atom is 0.304 e. The number of hydrogen-bond donors (Lipinski definition) is 1. The Hall–Kier alpha value is -1.60. The molecule has 0 saturated heterocycles. The Bertz CT molecular complexity index is 716. The molecule has 7 atom stereocenters. The largest absolute Gasteiger partial charge is 0.445 e. The molecule has 0 unspecified atom stereocenters. The van der Waals surface area contributed by atoms with E-state index in [2.05, 4.69) is 12.8 Å². The Balaban J connectivity index is 1.68. The number of carbonyl (C=O) groups is 2. The molecule has 0 aromatic heterocycles. The molecular formula is C22H28O4. The molecule has 0 spiro atoms. The SMILES string of the molecule is C#C[C@]1(OC(C)=O)CC[C@@H]2[C@@H]3C[C@@H](O)C4=CC(=O)CC[C@H]4[C@@H]3CC[C@@]21C. The lowest BCUT2D eigenvalue weighted by Gasteiger charge is -2.56.